The summed E-state index contributed by atoms with van der Waals surface area (Å²) < 4.78 is 1.02. The van der Waals surface area contributed by atoms with E-state index in [2.05, 4.69) is 40.1 Å². The molecule has 3 nitrogen and oxygen atoms in total. The van der Waals surface area contributed by atoms with Crippen LogP contribution in [-0.2, 0) is 0 Å². The second-order valence-electron chi connectivity index (χ2n) is 4.05. The first-order chi connectivity index (χ1) is 7.58. The topological polar surface area (TPSA) is 50.9 Å². The number of nitrogen functional groups attached to an aromatic ring is 1. The quantitative estimate of drug-likeness (QED) is 0.886. The van der Waals surface area contributed by atoms with Gasteiger partial charge < -0.3 is 11.1 Å². The van der Waals surface area contributed by atoms with Gasteiger partial charge in [-0.1, -0.05) is 15.9 Å². The number of hydrogen-bond acceptors (Lipinski definition) is 3. The lowest BCUT2D eigenvalue weighted by Gasteiger charge is -2.14. The maximum absolute atomic E-state index is 5.94. The highest BCUT2D eigenvalue weighted by Crippen LogP contribution is 2.29. The van der Waals surface area contributed by atoms with Crippen molar-refractivity contribution in [2.45, 2.75) is 19.9 Å². The number of nitrogens with two attached hydrogens (primary N) is 1. The van der Waals surface area contributed by atoms with Crippen LogP contribution in [0.4, 0.5) is 11.4 Å². The Balaban J connectivity index is 2.64. The zero-order valence-electron chi connectivity index (χ0n) is 9.29. The van der Waals surface area contributed by atoms with Gasteiger partial charge in [0.1, 0.15) is 0 Å². The molecule has 2 aromatic rings. The highest BCUT2D eigenvalue weighted by Gasteiger charge is 2.07. The normalized spacial score (nSPS) is 11.0. The first-order valence-corrected chi connectivity index (χ1v) is 5.97. The van der Waals surface area contributed by atoms with E-state index in [-0.39, 0.29) is 0 Å². The maximum Gasteiger partial charge on any atom is 0.0743 e. The Hall–Kier alpha value is -1.29. The number of halogens is 1. The second-order valence-corrected chi connectivity index (χ2v) is 4.96. The number of benzene rings is 1. The minimum atomic E-state index is 0.344. The average Bonchev–Trinajstić information content (AvgIpc) is 2.22. The fourth-order valence-corrected chi connectivity index (χ4v) is 1.98. The molecule has 2 rings (SSSR count). The summed E-state index contributed by atoms with van der Waals surface area (Å²) in [5.41, 5.74) is 8.52. The Labute approximate surface area is 103 Å². The molecule has 0 fully saturated rings. The molecule has 0 bridgehead atoms. The fraction of sp³-hybridized carbons (Fsp3) is 0.250. The highest BCUT2D eigenvalue weighted by molar-refractivity contribution is 9.10. The number of anilines is 2. The number of pyridine rings is 1. The Morgan fingerprint density at radius 2 is 2.12 bits per heavy atom. The van der Waals surface area contributed by atoms with Crippen LogP contribution in [0.15, 0.2) is 28.9 Å². The van der Waals surface area contributed by atoms with Gasteiger partial charge in [0.05, 0.1) is 23.1 Å². The molecule has 3 N–H and O–H groups in total. The van der Waals surface area contributed by atoms with Crippen LogP contribution in [0.2, 0.25) is 0 Å². The number of fused-ring (bicyclic) bond motifs is 1. The summed E-state index contributed by atoms with van der Waals surface area (Å²) in [5.74, 6) is 0. The zero-order valence-corrected chi connectivity index (χ0v) is 10.9. The van der Waals surface area contributed by atoms with E-state index in [1.165, 1.54) is 0 Å². The van der Waals surface area contributed by atoms with Gasteiger partial charge in [-0.05, 0) is 32.0 Å². The van der Waals surface area contributed by atoms with E-state index in [0.717, 1.165) is 21.1 Å². The molecule has 0 aliphatic carbocycles. The van der Waals surface area contributed by atoms with Crippen LogP contribution in [0.5, 0.6) is 0 Å². The van der Waals surface area contributed by atoms with Gasteiger partial charge in [-0.15, -0.1) is 0 Å². The number of aromatic nitrogens is 1. The zero-order chi connectivity index (χ0) is 11.7. The summed E-state index contributed by atoms with van der Waals surface area (Å²) in [6, 6.07) is 6.35. The molecule has 0 spiro atoms. The first kappa shape index (κ1) is 11.2. The molecule has 0 unspecified atom stereocenters. The summed E-state index contributed by atoms with van der Waals surface area (Å²) in [6.45, 7) is 4.18. The van der Waals surface area contributed by atoms with E-state index in [0.29, 0.717) is 11.7 Å². The van der Waals surface area contributed by atoms with Crippen LogP contribution in [-0.4, -0.2) is 11.0 Å². The molecule has 1 heterocycles. The highest BCUT2D eigenvalue weighted by atomic mass is 79.9. The smallest absolute Gasteiger partial charge is 0.0743 e. The molecule has 1 aromatic carbocycles. The Kier molecular flexibility index (Phi) is 3.01. The van der Waals surface area contributed by atoms with Gasteiger partial charge in [0.25, 0.3) is 0 Å². The van der Waals surface area contributed by atoms with Gasteiger partial charge >= 0.3 is 0 Å². The van der Waals surface area contributed by atoms with Crippen molar-refractivity contribution in [1.82, 2.24) is 4.98 Å². The van der Waals surface area contributed by atoms with E-state index in [4.69, 9.17) is 5.73 Å². The summed E-state index contributed by atoms with van der Waals surface area (Å²) in [6.07, 6.45) is 1.69. The van der Waals surface area contributed by atoms with Crippen molar-refractivity contribution in [2.75, 3.05) is 11.1 Å². The first-order valence-electron chi connectivity index (χ1n) is 5.18. The van der Waals surface area contributed by atoms with Crippen molar-refractivity contribution in [2.24, 2.45) is 0 Å². The summed E-state index contributed by atoms with van der Waals surface area (Å²) in [7, 11) is 0. The Morgan fingerprint density at radius 3 is 2.81 bits per heavy atom. The predicted molar refractivity (Wildman–Crippen MR) is 72.6 cm³/mol. The van der Waals surface area contributed by atoms with Crippen LogP contribution < -0.4 is 11.1 Å². The number of hydrogen-bond donors (Lipinski definition) is 2. The van der Waals surface area contributed by atoms with Crippen molar-refractivity contribution >= 4 is 38.2 Å². The molecular formula is C12H14BrN3. The minimum absolute atomic E-state index is 0.344. The largest absolute Gasteiger partial charge is 0.396 e. The Bertz CT molecular complexity index is 523. The van der Waals surface area contributed by atoms with E-state index in [1.54, 1.807) is 6.20 Å². The van der Waals surface area contributed by atoms with Gasteiger partial charge in [-0.2, -0.15) is 0 Å². The molecule has 16 heavy (non-hydrogen) atoms. The molecule has 84 valence electrons. The van der Waals surface area contributed by atoms with Crippen LogP contribution in [0.25, 0.3) is 10.9 Å². The molecule has 0 saturated heterocycles. The van der Waals surface area contributed by atoms with E-state index in [1.807, 2.05) is 18.2 Å². The lowest BCUT2D eigenvalue weighted by Crippen LogP contribution is -2.12. The molecule has 0 atom stereocenters. The molecule has 0 aliphatic rings. The lowest BCUT2D eigenvalue weighted by molar-refractivity contribution is 0.902. The minimum Gasteiger partial charge on any atom is -0.396 e. The van der Waals surface area contributed by atoms with Gasteiger partial charge in [0.2, 0.25) is 0 Å². The van der Waals surface area contributed by atoms with E-state index >= 15 is 0 Å². The van der Waals surface area contributed by atoms with E-state index in [9.17, 15) is 0 Å². The van der Waals surface area contributed by atoms with Crippen molar-refractivity contribution in [3.63, 3.8) is 0 Å². The lowest BCUT2D eigenvalue weighted by atomic mass is 10.1. The molecule has 0 amide bonds. The number of rotatable bonds is 2. The van der Waals surface area contributed by atoms with Gasteiger partial charge in [-0.25, -0.2) is 0 Å². The summed E-state index contributed by atoms with van der Waals surface area (Å²) in [5, 5.41) is 4.41. The fourth-order valence-electron chi connectivity index (χ4n) is 1.63. The van der Waals surface area contributed by atoms with Crippen LogP contribution >= 0.6 is 15.9 Å². The molecule has 0 aliphatic heterocycles. The second kappa shape index (κ2) is 4.29. The molecule has 0 saturated carbocycles. The molecule has 0 radical (unpaired) electrons. The standard InChI is InChI=1S/C12H14BrN3/c1-7(2)16-12-9-4-3-8(13)5-11(9)15-6-10(12)14/h3-7H,14H2,1-2H3,(H,15,16). The maximum atomic E-state index is 5.94. The average molecular weight is 280 g/mol. The van der Waals surface area contributed by atoms with Crippen molar-refractivity contribution in [3.8, 4) is 0 Å². The molecular weight excluding hydrogens is 266 g/mol. The van der Waals surface area contributed by atoms with Crippen LogP contribution in [0.1, 0.15) is 13.8 Å². The third-order valence-electron chi connectivity index (χ3n) is 2.29. The Morgan fingerprint density at radius 1 is 1.38 bits per heavy atom. The van der Waals surface area contributed by atoms with Crippen molar-refractivity contribution < 1.29 is 0 Å². The third-order valence-corrected chi connectivity index (χ3v) is 2.79. The number of nitrogens with zero attached hydrogens (tertiary/aromatic N) is 1. The monoisotopic (exact) mass is 279 g/mol. The van der Waals surface area contributed by atoms with Crippen molar-refractivity contribution in [1.29, 1.82) is 0 Å². The SMILES string of the molecule is CC(C)Nc1c(N)cnc2cc(Br)ccc12. The number of nitrogens with one attached hydrogen (secondary N) is 1. The summed E-state index contributed by atoms with van der Waals surface area (Å²) in [4.78, 5) is 4.31. The van der Waals surface area contributed by atoms with E-state index < -0.39 is 0 Å². The van der Waals surface area contributed by atoms with Gasteiger partial charge in [0, 0.05) is 15.9 Å². The molecule has 1 aromatic heterocycles. The summed E-state index contributed by atoms with van der Waals surface area (Å²) >= 11 is 3.43. The van der Waals surface area contributed by atoms with Gasteiger partial charge in [-0.3, -0.25) is 4.98 Å². The van der Waals surface area contributed by atoms with Crippen LogP contribution in [0, 0.1) is 0 Å². The van der Waals surface area contributed by atoms with Gasteiger partial charge in [0.15, 0.2) is 0 Å². The predicted octanol–water partition coefficient (Wildman–Crippen LogP) is 3.40. The molecule has 4 heteroatoms. The van der Waals surface area contributed by atoms with Crippen LogP contribution in [0.3, 0.4) is 0 Å². The third kappa shape index (κ3) is 2.11. The van der Waals surface area contributed by atoms with Crippen molar-refractivity contribution in [3.05, 3.63) is 28.9 Å².